The van der Waals surface area contributed by atoms with Gasteiger partial charge in [0.05, 0.1) is 25.5 Å². The predicted octanol–water partition coefficient (Wildman–Crippen LogP) is 7.40. The van der Waals surface area contributed by atoms with E-state index in [1.807, 2.05) is 72.8 Å². The molecule has 0 fully saturated rings. The molecule has 2 N–H and O–H groups in total. The number of benzene rings is 4. The number of aliphatic hydroxyl groups excluding tert-OH is 1. The average molecular weight is 859 g/mol. The van der Waals surface area contributed by atoms with Crippen LogP contribution in [0.2, 0.25) is 5.04 Å². The van der Waals surface area contributed by atoms with E-state index in [1.165, 1.54) is 0 Å². The second-order valence-corrected chi connectivity index (χ2v) is 18.6. The minimum absolute atomic E-state index is 0.0553. The van der Waals surface area contributed by atoms with Crippen LogP contribution in [0.15, 0.2) is 121 Å². The molecule has 6 nitrogen and oxygen atoms in total. The molecule has 1 heterocycles. The fraction of sp³-hybridized carbons (Fsp3) is 0.270. The van der Waals surface area contributed by atoms with Crippen LogP contribution in [0, 0.1) is 7.53 Å². The molecule has 3 atom stereocenters. The van der Waals surface area contributed by atoms with E-state index in [0.29, 0.717) is 13.2 Å². The Morgan fingerprint density at radius 3 is 1.61 bits per heavy atom. The maximum atomic E-state index is 12.2. The number of nitrogens with zero attached hydrogens (tertiary/aromatic N) is 1. The SMILES string of the molecule is CC(C)(C)[Si](OC[C@H](O)[C@@H](OCc1ccccc1)[C@H](OCc1ccccc1)c1[nH]c(I)nc1I)(c1ccccc1)c1ccccc1. The monoisotopic (exact) mass is 858 g/mol. The highest BCUT2D eigenvalue weighted by atomic mass is 127. The Bertz CT molecular complexity index is 1590. The summed E-state index contributed by atoms with van der Waals surface area (Å²) in [5, 5.41) is 14.2. The van der Waals surface area contributed by atoms with Gasteiger partial charge in [-0.15, -0.1) is 0 Å². The number of H-pyrrole nitrogens is 1. The molecule has 0 amide bonds. The maximum Gasteiger partial charge on any atom is 0.261 e. The van der Waals surface area contributed by atoms with Crippen LogP contribution in [0.3, 0.4) is 0 Å². The van der Waals surface area contributed by atoms with Gasteiger partial charge in [-0.2, -0.15) is 0 Å². The molecule has 0 saturated carbocycles. The number of aromatic amines is 1. The van der Waals surface area contributed by atoms with Gasteiger partial charge in [0, 0.05) is 0 Å². The molecule has 240 valence electrons. The van der Waals surface area contributed by atoms with Crippen molar-refractivity contribution < 1.29 is 19.0 Å². The Kier molecular flexibility index (Phi) is 12.3. The smallest absolute Gasteiger partial charge is 0.261 e. The topological polar surface area (TPSA) is 76.6 Å². The van der Waals surface area contributed by atoms with Crippen LogP contribution in [-0.2, 0) is 27.1 Å². The number of imidazole rings is 1. The third-order valence-corrected chi connectivity index (χ3v) is 14.4. The van der Waals surface area contributed by atoms with E-state index in [9.17, 15) is 5.11 Å². The normalized spacial score (nSPS) is 14.1. The molecule has 1 aromatic heterocycles. The first-order valence-electron chi connectivity index (χ1n) is 15.3. The number of ether oxygens (including phenoxy) is 2. The van der Waals surface area contributed by atoms with Gasteiger partial charge < -0.3 is 24.0 Å². The molecular formula is C37H40I2N2O4Si. The average Bonchev–Trinajstić information content (AvgIpc) is 3.41. The molecule has 4 aromatic carbocycles. The minimum atomic E-state index is -2.92. The van der Waals surface area contributed by atoms with Crippen molar-refractivity contribution in [1.29, 1.82) is 0 Å². The van der Waals surface area contributed by atoms with Gasteiger partial charge in [0.2, 0.25) is 0 Å². The summed E-state index contributed by atoms with van der Waals surface area (Å²) in [5.41, 5.74) is 2.79. The number of rotatable bonds is 14. The van der Waals surface area contributed by atoms with Crippen molar-refractivity contribution in [3.63, 3.8) is 0 Å². The minimum Gasteiger partial charge on any atom is -0.405 e. The van der Waals surface area contributed by atoms with Crippen molar-refractivity contribution in [1.82, 2.24) is 9.97 Å². The Balaban J connectivity index is 1.52. The first kappa shape index (κ1) is 34.9. The van der Waals surface area contributed by atoms with Gasteiger partial charge in [0.1, 0.15) is 22.0 Å². The molecule has 0 bridgehead atoms. The van der Waals surface area contributed by atoms with Crippen LogP contribution < -0.4 is 10.4 Å². The second-order valence-electron chi connectivity index (χ2n) is 12.3. The van der Waals surface area contributed by atoms with E-state index in [2.05, 4.69) is 124 Å². The van der Waals surface area contributed by atoms with Crippen LogP contribution in [-0.4, -0.2) is 42.2 Å². The molecule has 0 radical (unpaired) electrons. The summed E-state index contributed by atoms with van der Waals surface area (Å²) in [4.78, 5) is 8.00. The van der Waals surface area contributed by atoms with Crippen molar-refractivity contribution in [2.75, 3.05) is 6.61 Å². The van der Waals surface area contributed by atoms with Crippen molar-refractivity contribution in [2.24, 2.45) is 0 Å². The molecular weight excluding hydrogens is 818 g/mol. The van der Waals surface area contributed by atoms with Gasteiger partial charge >= 0.3 is 0 Å². The van der Waals surface area contributed by atoms with Crippen molar-refractivity contribution >= 4 is 63.9 Å². The fourth-order valence-electron chi connectivity index (χ4n) is 5.86. The largest absolute Gasteiger partial charge is 0.405 e. The number of halogens is 2. The number of aromatic nitrogens is 2. The van der Waals surface area contributed by atoms with Crippen LogP contribution in [0.4, 0.5) is 0 Å². The molecule has 0 aliphatic heterocycles. The molecule has 0 spiro atoms. The summed E-state index contributed by atoms with van der Waals surface area (Å²) in [5.74, 6) is 0. The van der Waals surface area contributed by atoms with Gasteiger partial charge in [0.15, 0.2) is 3.83 Å². The lowest BCUT2D eigenvalue weighted by molar-refractivity contribution is -0.143. The Hall–Kier alpha value is -2.39. The summed E-state index contributed by atoms with van der Waals surface area (Å²) < 4.78 is 22.0. The van der Waals surface area contributed by atoms with E-state index in [4.69, 9.17) is 13.9 Å². The van der Waals surface area contributed by atoms with E-state index in [0.717, 1.165) is 34.7 Å². The fourth-order valence-corrected chi connectivity index (χ4v) is 12.1. The van der Waals surface area contributed by atoms with E-state index in [1.54, 1.807) is 0 Å². The lowest BCUT2D eigenvalue weighted by Gasteiger charge is -2.44. The molecule has 5 rings (SSSR count). The zero-order chi connectivity index (χ0) is 32.6. The predicted molar refractivity (Wildman–Crippen MR) is 203 cm³/mol. The summed E-state index contributed by atoms with van der Waals surface area (Å²) in [7, 11) is -2.92. The number of aliphatic hydroxyl groups is 1. The van der Waals surface area contributed by atoms with Crippen molar-refractivity contribution in [2.45, 2.75) is 57.3 Å². The molecule has 5 aromatic rings. The molecule has 0 aliphatic rings. The highest BCUT2D eigenvalue weighted by Crippen LogP contribution is 2.38. The van der Waals surface area contributed by atoms with E-state index >= 15 is 0 Å². The molecule has 0 unspecified atom stereocenters. The van der Waals surface area contributed by atoms with Crippen LogP contribution in [0.1, 0.15) is 43.7 Å². The molecule has 9 heteroatoms. The van der Waals surface area contributed by atoms with Gasteiger partial charge in [-0.1, -0.05) is 142 Å². The van der Waals surface area contributed by atoms with Crippen molar-refractivity contribution in [3.8, 4) is 0 Å². The van der Waals surface area contributed by atoms with Gasteiger partial charge in [0.25, 0.3) is 8.32 Å². The summed E-state index contributed by atoms with van der Waals surface area (Å²) in [6, 6.07) is 40.9. The standard InChI is InChI=1S/C37H40I2N2O4Si/c1-37(2,3)46(29-20-12-6-13-21-29,30-22-14-7-15-23-30)45-26-31(42)33(43-24-27-16-8-4-9-17-27)34(32-35(38)41-36(39)40-32)44-25-28-18-10-5-11-19-28/h4-23,31,33-34,42H,24-26H2,1-3H3,(H,40,41)/t31-,33+,34+/m0/s1. The Morgan fingerprint density at radius 1 is 0.717 bits per heavy atom. The van der Waals surface area contributed by atoms with Gasteiger partial charge in [-0.25, -0.2) is 4.98 Å². The van der Waals surface area contributed by atoms with Crippen LogP contribution >= 0.6 is 45.2 Å². The lowest BCUT2D eigenvalue weighted by Crippen LogP contribution is -2.67. The first-order chi connectivity index (χ1) is 22.2. The number of hydrogen-bond acceptors (Lipinski definition) is 5. The lowest BCUT2D eigenvalue weighted by atomic mass is 10.1. The Morgan fingerprint density at radius 2 is 1.17 bits per heavy atom. The van der Waals surface area contributed by atoms with Crippen LogP contribution in [0.5, 0.6) is 0 Å². The van der Waals surface area contributed by atoms with Gasteiger partial charge in [-0.3, -0.25) is 0 Å². The van der Waals surface area contributed by atoms with Crippen LogP contribution in [0.25, 0.3) is 0 Å². The summed E-state index contributed by atoms with van der Waals surface area (Å²) in [6.45, 7) is 7.39. The second kappa shape index (κ2) is 16.1. The first-order valence-corrected chi connectivity index (χ1v) is 19.4. The molecule has 46 heavy (non-hydrogen) atoms. The quantitative estimate of drug-likeness (QED) is 0.0901. The van der Waals surface area contributed by atoms with Gasteiger partial charge in [-0.05, 0) is 71.7 Å². The third-order valence-electron chi connectivity index (χ3n) is 8.06. The third kappa shape index (κ3) is 8.36. The Labute approximate surface area is 300 Å². The zero-order valence-electron chi connectivity index (χ0n) is 26.3. The molecule has 0 saturated heterocycles. The number of nitrogens with one attached hydrogen (secondary N) is 1. The summed E-state index contributed by atoms with van der Waals surface area (Å²) >= 11 is 4.39. The van der Waals surface area contributed by atoms with E-state index < -0.39 is 26.6 Å². The van der Waals surface area contributed by atoms with E-state index in [-0.39, 0.29) is 11.6 Å². The zero-order valence-corrected chi connectivity index (χ0v) is 31.6. The number of hydrogen-bond donors (Lipinski definition) is 2. The highest BCUT2D eigenvalue weighted by Gasteiger charge is 2.51. The molecule has 0 aliphatic carbocycles. The highest BCUT2D eigenvalue weighted by molar-refractivity contribution is 14.1. The maximum absolute atomic E-state index is 12.2. The van der Waals surface area contributed by atoms with Crippen molar-refractivity contribution in [3.05, 3.63) is 146 Å². The summed E-state index contributed by atoms with van der Waals surface area (Å²) in [6.07, 6.45) is -2.45.